The molecule has 1 aliphatic rings. The molecular formula is C21H21IN2O4. The molecule has 2 aromatic rings. The van der Waals surface area contributed by atoms with Crippen LogP contribution < -0.4 is 20.1 Å². The van der Waals surface area contributed by atoms with Crippen molar-refractivity contribution in [2.24, 2.45) is 0 Å². The molecule has 0 fully saturated rings. The van der Waals surface area contributed by atoms with Crippen LogP contribution in [0.5, 0.6) is 11.5 Å². The average molecular weight is 492 g/mol. The maximum Gasteiger partial charge on any atom is 0.267 e. The average Bonchev–Trinajstić information content (AvgIpc) is 3.15. The van der Waals surface area contributed by atoms with Crippen LogP contribution in [0.15, 0.2) is 48.2 Å². The molecule has 2 amide bonds. The summed E-state index contributed by atoms with van der Waals surface area (Å²) < 4.78 is 11.5. The van der Waals surface area contributed by atoms with Gasteiger partial charge in [0.15, 0.2) is 11.5 Å². The Morgan fingerprint density at radius 3 is 2.71 bits per heavy atom. The van der Waals surface area contributed by atoms with E-state index in [0.717, 1.165) is 22.0 Å². The summed E-state index contributed by atoms with van der Waals surface area (Å²) in [5, 5.41) is 5.60. The van der Waals surface area contributed by atoms with Crippen LogP contribution in [0.3, 0.4) is 0 Å². The zero-order chi connectivity index (χ0) is 19.9. The standard InChI is InChI=1S/C21H21IN2O4/c1-2-3-10-23-21(26)17(24-20(25)15-6-4-5-7-16(15)22)11-14-8-9-18-19(12-14)28-13-27-18/h4-9,11-12H,2-3,10,13H2,1H3,(H,23,26)(H,24,25). The molecule has 0 spiro atoms. The van der Waals surface area contributed by atoms with Crippen LogP contribution in [-0.2, 0) is 4.79 Å². The third-order valence-electron chi connectivity index (χ3n) is 4.13. The van der Waals surface area contributed by atoms with Crippen molar-refractivity contribution in [2.75, 3.05) is 13.3 Å². The molecule has 0 aromatic heterocycles. The first-order valence-corrected chi connectivity index (χ1v) is 10.1. The summed E-state index contributed by atoms with van der Waals surface area (Å²) in [4.78, 5) is 25.4. The lowest BCUT2D eigenvalue weighted by Crippen LogP contribution is -2.35. The van der Waals surface area contributed by atoms with E-state index in [0.29, 0.717) is 23.6 Å². The molecule has 2 N–H and O–H groups in total. The third-order valence-corrected chi connectivity index (χ3v) is 5.08. The fourth-order valence-electron chi connectivity index (χ4n) is 2.64. The highest BCUT2D eigenvalue weighted by Gasteiger charge is 2.17. The highest BCUT2D eigenvalue weighted by atomic mass is 127. The van der Waals surface area contributed by atoms with E-state index >= 15 is 0 Å². The highest BCUT2D eigenvalue weighted by Crippen LogP contribution is 2.33. The Balaban J connectivity index is 1.85. The molecule has 28 heavy (non-hydrogen) atoms. The van der Waals surface area contributed by atoms with Crippen molar-refractivity contribution in [3.63, 3.8) is 0 Å². The monoisotopic (exact) mass is 492 g/mol. The third kappa shape index (κ3) is 5.03. The molecule has 7 heteroatoms. The molecule has 0 saturated carbocycles. The fourth-order valence-corrected chi connectivity index (χ4v) is 3.27. The van der Waals surface area contributed by atoms with Crippen LogP contribution in [0.4, 0.5) is 0 Å². The lowest BCUT2D eigenvalue weighted by atomic mass is 10.1. The van der Waals surface area contributed by atoms with Crippen molar-refractivity contribution in [2.45, 2.75) is 19.8 Å². The molecular weight excluding hydrogens is 471 g/mol. The van der Waals surface area contributed by atoms with Gasteiger partial charge in [-0.15, -0.1) is 0 Å². The summed E-state index contributed by atoms with van der Waals surface area (Å²) in [6.07, 6.45) is 3.47. The number of halogens is 1. The molecule has 0 unspecified atom stereocenters. The number of carbonyl (C=O) groups excluding carboxylic acids is 2. The van der Waals surface area contributed by atoms with Gasteiger partial charge < -0.3 is 20.1 Å². The largest absolute Gasteiger partial charge is 0.454 e. The summed E-state index contributed by atoms with van der Waals surface area (Å²) in [6.45, 7) is 2.78. The maximum atomic E-state index is 12.7. The number of amides is 2. The molecule has 1 aliphatic heterocycles. The zero-order valence-electron chi connectivity index (χ0n) is 15.5. The summed E-state index contributed by atoms with van der Waals surface area (Å²) in [7, 11) is 0. The van der Waals surface area contributed by atoms with Gasteiger partial charge in [-0.3, -0.25) is 9.59 Å². The van der Waals surface area contributed by atoms with Crippen molar-refractivity contribution in [1.29, 1.82) is 0 Å². The number of carbonyl (C=O) groups is 2. The van der Waals surface area contributed by atoms with E-state index in [1.807, 2.05) is 18.2 Å². The van der Waals surface area contributed by atoms with Gasteiger partial charge >= 0.3 is 0 Å². The van der Waals surface area contributed by atoms with E-state index in [9.17, 15) is 9.59 Å². The number of unbranched alkanes of at least 4 members (excludes halogenated alkanes) is 1. The number of fused-ring (bicyclic) bond motifs is 1. The number of nitrogens with one attached hydrogen (secondary N) is 2. The maximum absolute atomic E-state index is 12.7. The van der Waals surface area contributed by atoms with Gasteiger partial charge in [0.25, 0.3) is 11.8 Å². The first-order chi connectivity index (χ1) is 13.6. The summed E-state index contributed by atoms with van der Waals surface area (Å²) in [6, 6.07) is 12.6. The Morgan fingerprint density at radius 2 is 1.93 bits per heavy atom. The Labute approximate surface area is 177 Å². The molecule has 146 valence electrons. The van der Waals surface area contributed by atoms with Gasteiger partial charge in [0.05, 0.1) is 5.56 Å². The van der Waals surface area contributed by atoms with Crippen molar-refractivity contribution in [3.8, 4) is 11.5 Å². The molecule has 2 aromatic carbocycles. The summed E-state index contributed by atoms with van der Waals surface area (Å²) in [5.74, 6) is 0.616. The predicted octanol–water partition coefficient (Wildman–Crippen LogP) is 3.71. The summed E-state index contributed by atoms with van der Waals surface area (Å²) in [5.41, 5.74) is 1.42. The van der Waals surface area contributed by atoms with Crippen LogP contribution in [0, 0.1) is 3.57 Å². The lowest BCUT2D eigenvalue weighted by Gasteiger charge is -2.12. The normalized spacial score (nSPS) is 12.6. The Hall–Kier alpha value is -2.55. The van der Waals surface area contributed by atoms with E-state index in [1.54, 1.807) is 30.3 Å². The van der Waals surface area contributed by atoms with Crippen molar-refractivity contribution in [3.05, 3.63) is 62.9 Å². The molecule has 3 rings (SSSR count). The predicted molar refractivity (Wildman–Crippen MR) is 115 cm³/mol. The van der Waals surface area contributed by atoms with Crippen LogP contribution >= 0.6 is 22.6 Å². The van der Waals surface area contributed by atoms with Crippen LogP contribution in [-0.4, -0.2) is 25.2 Å². The van der Waals surface area contributed by atoms with Crippen molar-refractivity contribution < 1.29 is 19.1 Å². The van der Waals surface area contributed by atoms with Crippen LogP contribution in [0.2, 0.25) is 0 Å². The smallest absolute Gasteiger partial charge is 0.267 e. The van der Waals surface area contributed by atoms with E-state index in [1.165, 1.54) is 0 Å². The molecule has 0 atom stereocenters. The molecule has 0 aliphatic carbocycles. The van der Waals surface area contributed by atoms with Crippen molar-refractivity contribution >= 4 is 40.5 Å². The van der Waals surface area contributed by atoms with E-state index in [2.05, 4.69) is 40.1 Å². The number of hydrogen-bond donors (Lipinski definition) is 2. The van der Waals surface area contributed by atoms with Gasteiger partial charge in [-0.05, 0) is 64.9 Å². The van der Waals surface area contributed by atoms with E-state index in [-0.39, 0.29) is 24.3 Å². The quantitative estimate of drug-likeness (QED) is 0.351. The fraction of sp³-hybridized carbons (Fsp3) is 0.238. The molecule has 0 saturated heterocycles. The van der Waals surface area contributed by atoms with E-state index in [4.69, 9.17) is 9.47 Å². The van der Waals surface area contributed by atoms with Gasteiger partial charge in [0, 0.05) is 10.1 Å². The minimum atomic E-state index is -0.331. The number of rotatable bonds is 7. The van der Waals surface area contributed by atoms with Gasteiger partial charge in [-0.25, -0.2) is 0 Å². The Bertz CT molecular complexity index is 911. The first-order valence-electron chi connectivity index (χ1n) is 9.04. The topological polar surface area (TPSA) is 76.7 Å². The van der Waals surface area contributed by atoms with Gasteiger partial charge in [-0.1, -0.05) is 31.5 Å². The second kappa shape index (κ2) is 9.59. The minimum absolute atomic E-state index is 0.177. The molecule has 6 nitrogen and oxygen atoms in total. The zero-order valence-corrected chi connectivity index (χ0v) is 17.6. The molecule has 0 bridgehead atoms. The van der Waals surface area contributed by atoms with E-state index < -0.39 is 0 Å². The van der Waals surface area contributed by atoms with Crippen LogP contribution in [0.1, 0.15) is 35.7 Å². The summed E-state index contributed by atoms with van der Waals surface area (Å²) >= 11 is 2.10. The first kappa shape index (κ1) is 20.2. The van der Waals surface area contributed by atoms with Gasteiger partial charge in [-0.2, -0.15) is 0 Å². The second-order valence-corrected chi connectivity index (χ2v) is 7.38. The number of benzene rings is 2. The van der Waals surface area contributed by atoms with Gasteiger partial charge in [0.1, 0.15) is 5.70 Å². The number of hydrogen-bond acceptors (Lipinski definition) is 4. The lowest BCUT2D eigenvalue weighted by molar-refractivity contribution is -0.117. The van der Waals surface area contributed by atoms with Gasteiger partial charge in [0.2, 0.25) is 6.79 Å². The highest BCUT2D eigenvalue weighted by molar-refractivity contribution is 14.1. The van der Waals surface area contributed by atoms with Crippen LogP contribution in [0.25, 0.3) is 6.08 Å². The molecule has 1 heterocycles. The Morgan fingerprint density at radius 1 is 1.14 bits per heavy atom. The number of ether oxygens (including phenoxy) is 2. The second-order valence-electron chi connectivity index (χ2n) is 6.21. The SMILES string of the molecule is CCCCNC(=O)C(=Cc1ccc2c(c1)OCO2)NC(=O)c1ccccc1I. The van der Waals surface area contributed by atoms with Crippen molar-refractivity contribution in [1.82, 2.24) is 10.6 Å². The molecule has 0 radical (unpaired) electrons. The Kier molecular flexibility index (Phi) is 6.91. The minimum Gasteiger partial charge on any atom is -0.454 e.